The molecule has 1 fully saturated rings. The number of carbonyl (C=O) groups is 1. The minimum atomic E-state index is -0.421. The van der Waals surface area contributed by atoms with Gasteiger partial charge in [-0.2, -0.15) is 0 Å². The minimum absolute atomic E-state index is 0.236. The summed E-state index contributed by atoms with van der Waals surface area (Å²) in [5.74, 6) is 0.485. The van der Waals surface area contributed by atoms with Crippen molar-refractivity contribution in [3.8, 4) is 5.75 Å². The first-order valence-electron chi connectivity index (χ1n) is 11.4. The third-order valence-electron chi connectivity index (χ3n) is 6.32. The molecule has 1 amide bonds. The zero-order valence-corrected chi connectivity index (χ0v) is 19.1. The van der Waals surface area contributed by atoms with Gasteiger partial charge in [0.05, 0.1) is 12.7 Å². The Morgan fingerprint density at radius 3 is 2.33 bits per heavy atom. The van der Waals surface area contributed by atoms with Crippen LogP contribution < -0.4 is 20.7 Å². The van der Waals surface area contributed by atoms with Crippen LogP contribution in [0.4, 0.5) is 11.4 Å². The van der Waals surface area contributed by atoms with Gasteiger partial charge in [0.15, 0.2) is 0 Å². The molecule has 4 rings (SSSR count). The average molecular weight is 445 g/mol. The van der Waals surface area contributed by atoms with Gasteiger partial charge in [0.2, 0.25) is 0 Å². The second-order valence-corrected chi connectivity index (χ2v) is 8.32. The summed E-state index contributed by atoms with van der Waals surface area (Å²) in [6, 6.07) is 26.4. The number of para-hydroxylation sites is 3. The number of rotatable bonds is 9. The lowest BCUT2D eigenvalue weighted by atomic mass is 10.0. The van der Waals surface area contributed by atoms with E-state index < -0.39 is 5.91 Å². The smallest absolute Gasteiger partial charge is 0.250 e. The van der Waals surface area contributed by atoms with Gasteiger partial charge in [-0.05, 0) is 42.3 Å². The van der Waals surface area contributed by atoms with Gasteiger partial charge in [-0.1, -0.05) is 48.5 Å². The largest absolute Gasteiger partial charge is 0.496 e. The fourth-order valence-corrected chi connectivity index (χ4v) is 4.52. The molecule has 6 heteroatoms. The first-order valence-corrected chi connectivity index (χ1v) is 11.4. The molecule has 6 nitrogen and oxygen atoms in total. The summed E-state index contributed by atoms with van der Waals surface area (Å²) >= 11 is 0. The number of piperazine rings is 1. The van der Waals surface area contributed by atoms with E-state index in [4.69, 9.17) is 10.5 Å². The van der Waals surface area contributed by atoms with Gasteiger partial charge in [-0.15, -0.1) is 0 Å². The molecule has 0 aliphatic carbocycles. The van der Waals surface area contributed by atoms with Crippen molar-refractivity contribution in [2.24, 2.45) is 5.73 Å². The average Bonchev–Trinajstić information content (AvgIpc) is 2.87. The lowest BCUT2D eigenvalue weighted by Crippen LogP contribution is -2.53. The molecular weight excluding hydrogens is 412 g/mol. The van der Waals surface area contributed by atoms with Crippen LogP contribution in [0.15, 0.2) is 78.9 Å². The van der Waals surface area contributed by atoms with Crippen molar-refractivity contribution in [3.63, 3.8) is 0 Å². The van der Waals surface area contributed by atoms with E-state index >= 15 is 0 Å². The van der Waals surface area contributed by atoms with Crippen molar-refractivity contribution >= 4 is 17.3 Å². The maximum atomic E-state index is 11.9. The van der Waals surface area contributed by atoms with E-state index in [0.29, 0.717) is 12.1 Å². The van der Waals surface area contributed by atoms with E-state index in [1.165, 1.54) is 11.3 Å². The summed E-state index contributed by atoms with van der Waals surface area (Å²) in [6.07, 6.45) is 0.848. The molecule has 3 aromatic rings. The van der Waals surface area contributed by atoms with Crippen molar-refractivity contribution in [1.29, 1.82) is 0 Å². The number of hydrogen-bond acceptors (Lipinski definition) is 5. The zero-order valence-electron chi connectivity index (χ0n) is 19.1. The first-order chi connectivity index (χ1) is 16.2. The van der Waals surface area contributed by atoms with Crippen molar-refractivity contribution in [3.05, 3.63) is 90.0 Å². The highest BCUT2D eigenvalue weighted by Gasteiger charge is 2.25. The van der Waals surface area contributed by atoms with Crippen LogP contribution in [-0.2, 0) is 6.42 Å². The lowest BCUT2D eigenvalue weighted by Gasteiger charge is -2.40. The number of primary amides is 1. The molecule has 3 N–H and O–H groups in total. The molecule has 0 saturated carbocycles. The van der Waals surface area contributed by atoms with E-state index in [1.807, 2.05) is 30.3 Å². The van der Waals surface area contributed by atoms with E-state index in [1.54, 1.807) is 13.2 Å². The van der Waals surface area contributed by atoms with Gasteiger partial charge in [0.25, 0.3) is 5.91 Å². The van der Waals surface area contributed by atoms with Crippen LogP contribution in [0.2, 0.25) is 0 Å². The normalized spacial score (nSPS) is 15.1. The number of amides is 1. The predicted molar refractivity (Wildman–Crippen MR) is 134 cm³/mol. The molecule has 0 radical (unpaired) electrons. The summed E-state index contributed by atoms with van der Waals surface area (Å²) in [5.41, 5.74) is 9.33. The van der Waals surface area contributed by atoms with Crippen LogP contribution in [0.1, 0.15) is 15.9 Å². The van der Waals surface area contributed by atoms with Crippen LogP contribution in [-0.4, -0.2) is 56.7 Å². The molecule has 1 atom stereocenters. The summed E-state index contributed by atoms with van der Waals surface area (Å²) in [7, 11) is 1.72. The monoisotopic (exact) mass is 444 g/mol. The Kier molecular flexibility index (Phi) is 7.47. The number of benzene rings is 3. The SMILES string of the molecule is COc1ccccc1CC(CNc1ccccc1C(N)=O)N1CCN(c2ccccc2)CC1. The Hall–Kier alpha value is -3.51. The zero-order chi connectivity index (χ0) is 23.0. The fraction of sp³-hybridized carbons (Fsp3) is 0.296. The fourth-order valence-electron chi connectivity index (χ4n) is 4.52. The van der Waals surface area contributed by atoms with Gasteiger partial charge < -0.3 is 20.7 Å². The van der Waals surface area contributed by atoms with Gasteiger partial charge in [0, 0.05) is 50.1 Å². The molecular formula is C27H32N4O2. The molecule has 172 valence electrons. The molecule has 3 aromatic carbocycles. The number of hydrogen-bond donors (Lipinski definition) is 2. The molecule has 1 aliphatic heterocycles. The molecule has 33 heavy (non-hydrogen) atoms. The van der Waals surface area contributed by atoms with Crippen molar-refractivity contribution in [2.45, 2.75) is 12.5 Å². The molecule has 0 spiro atoms. The maximum absolute atomic E-state index is 11.9. The summed E-state index contributed by atoms with van der Waals surface area (Å²) in [5, 5.41) is 3.50. The second kappa shape index (κ2) is 10.9. The third-order valence-corrected chi connectivity index (χ3v) is 6.32. The van der Waals surface area contributed by atoms with Crippen molar-refractivity contribution in [1.82, 2.24) is 4.90 Å². The predicted octanol–water partition coefficient (Wildman–Crippen LogP) is 3.64. The van der Waals surface area contributed by atoms with Crippen molar-refractivity contribution in [2.75, 3.05) is 50.1 Å². The number of carbonyl (C=O) groups excluding carboxylic acids is 1. The number of methoxy groups -OCH3 is 1. The molecule has 1 aliphatic rings. The van der Waals surface area contributed by atoms with Gasteiger partial charge >= 0.3 is 0 Å². The molecule has 1 unspecified atom stereocenters. The van der Waals surface area contributed by atoms with E-state index in [-0.39, 0.29) is 6.04 Å². The Balaban J connectivity index is 1.50. The highest BCUT2D eigenvalue weighted by atomic mass is 16.5. The number of nitrogens with two attached hydrogens (primary N) is 1. The highest BCUT2D eigenvalue weighted by molar-refractivity contribution is 5.98. The molecule has 1 heterocycles. The number of ether oxygens (including phenoxy) is 1. The topological polar surface area (TPSA) is 70.8 Å². The quantitative estimate of drug-likeness (QED) is 0.527. The number of nitrogens with one attached hydrogen (secondary N) is 1. The second-order valence-electron chi connectivity index (χ2n) is 8.32. The van der Waals surface area contributed by atoms with Gasteiger partial charge in [-0.25, -0.2) is 0 Å². The highest BCUT2D eigenvalue weighted by Crippen LogP contribution is 2.24. The Labute approximate surface area is 196 Å². The Morgan fingerprint density at radius 2 is 1.61 bits per heavy atom. The lowest BCUT2D eigenvalue weighted by molar-refractivity contribution is 0.100. The minimum Gasteiger partial charge on any atom is -0.496 e. The Bertz CT molecular complexity index is 1050. The summed E-state index contributed by atoms with van der Waals surface area (Å²) in [4.78, 5) is 16.8. The van der Waals surface area contributed by atoms with E-state index in [0.717, 1.165) is 44.0 Å². The van der Waals surface area contributed by atoms with Gasteiger partial charge in [-0.3, -0.25) is 9.69 Å². The van der Waals surface area contributed by atoms with Gasteiger partial charge in [0.1, 0.15) is 5.75 Å². The maximum Gasteiger partial charge on any atom is 0.250 e. The Morgan fingerprint density at radius 1 is 0.939 bits per heavy atom. The first kappa shape index (κ1) is 22.7. The van der Waals surface area contributed by atoms with Crippen molar-refractivity contribution < 1.29 is 9.53 Å². The van der Waals surface area contributed by atoms with Crippen LogP contribution in [0.25, 0.3) is 0 Å². The number of anilines is 2. The van der Waals surface area contributed by atoms with Crippen LogP contribution in [0.5, 0.6) is 5.75 Å². The molecule has 0 bridgehead atoms. The van der Waals surface area contributed by atoms with Crippen LogP contribution in [0, 0.1) is 0 Å². The van der Waals surface area contributed by atoms with Crippen LogP contribution in [0.3, 0.4) is 0 Å². The standard InChI is InChI=1S/C27H32N4O2/c1-33-26-14-8-5-9-21(26)19-23(20-29-25-13-7-6-12-24(25)27(28)32)31-17-15-30(16-18-31)22-10-3-2-4-11-22/h2-14,23,29H,15-20H2,1H3,(H2,28,32). The third kappa shape index (κ3) is 5.65. The number of nitrogens with zero attached hydrogens (tertiary/aromatic N) is 2. The van der Waals surface area contributed by atoms with E-state index in [9.17, 15) is 4.79 Å². The summed E-state index contributed by atoms with van der Waals surface area (Å²) < 4.78 is 5.61. The summed E-state index contributed by atoms with van der Waals surface area (Å²) in [6.45, 7) is 4.59. The van der Waals surface area contributed by atoms with Crippen LogP contribution >= 0.6 is 0 Å². The molecule has 0 aromatic heterocycles. The molecule has 1 saturated heterocycles. The van der Waals surface area contributed by atoms with E-state index in [2.05, 4.69) is 57.6 Å².